The van der Waals surface area contributed by atoms with Gasteiger partial charge in [-0.3, -0.25) is 14.5 Å². The highest BCUT2D eigenvalue weighted by Crippen LogP contribution is 2.28. The van der Waals surface area contributed by atoms with Crippen molar-refractivity contribution in [1.82, 2.24) is 10.2 Å². The number of rotatable bonds is 4. The van der Waals surface area contributed by atoms with Crippen molar-refractivity contribution < 1.29 is 14.4 Å². The average Bonchev–Trinajstić information content (AvgIpc) is 2.81. The number of para-hydroxylation sites is 1. The van der Waals surface area contributed by atoms with Gasteiger partial charge in [-0.25, -0.2) is 4.79 Å². The second-order valence-electron chi connectivity index (χ2n) is 5.73. The molecular formula is C18H17N3O3. The number of nitrogens with zero attached hydrogens (tertiary/aromatic N) is 1. The Labute approximate surface area is 139 Å². The highest BCUT2D eigenvalue weighted by Gasteiger charge is 2.49. The number of carbonyl (C=O) groups excluding carboxylic acids is 3. The molecule has 3 rings (SSSR count). The molecule has 24 heavy (non-hydrogen) atoms. The smallest absolute Gasteiger partial charge is 0.325 e. The average molecular weight is 323 g/mol. The predicted octanol–water partition coefficient (Wildman–Crippen LogP) is 2.09. The van der Waals surface area contributed by atoms with E-state index in [1.54, 1.807) is 55.5 Å². The third-order valence-electron chi connectivity index (χ3n) is 3.99. The highest BCUT2D eigenvalue weighted by molar-refractivity contribution is 6.10. The van der Waals surface area contributed by atoms with Crippen LogP contribution in [0.5, 0.6) is 0 Å². The molecule has 0 radical (unpaired) electrons. The van der Waals surface area contributed by atoms with Crippen LogP contribution in [0.15, 0.2) is 60.7 Å². The Bertz CT molecular complexity index is 777. The molecule has 2 aromatic rings. The van der Waals surface area contributed by atoms with E-state index in [0.717, 1.165) is 4.90 Å². The monoisotopic (exact) mass is 323 g/mol. The lowest BCUT2D eigenvalue weighted by atomic mass is 9.92. The van der Waals surface area contributed by atoms with Crippen LogP contribution in [0.1, 0.15) is 12.5 Å². The fourth-order valence-corrected chi connectivity index (χ4v) is 2.67. The largest absolute Gasteiger partial charge is 0.325 e. The summed E-state index contributed by atoms with van der Waals surface area (Å²) in [6.45, 7) is 1.31. The van der Waals surface area contributed by atoms with Crippen molar-refractivity contribution in [2.75, 3.05) is 11.9 Å². The summed E-state index contributed by atoms with van der Waals surface area (Å²) in [6.07, 6.45) is 0. The molecule has 4 amide bonds. The van der Waals surface area contributed by atoms with Gasteiger partial charge in [-0.1, -0.05) is 48.5 Å². The summed E-state index contributed by atoms with van der Waals surface area (Å²) in [5.41, 5.74) is 0.125. The first kappa shape index (κ1) is 15.7. The molecule has 0 spiro atoms. The van der Waals surface area contributed by atoms with Crippen LogP contribution in [-0.2, 0) is 15.1 Å². The Morgan fingerprint density at radius 2 is 1.62 bits per heavy atom. The van der Waals surface area contributed by atoms with Crippen molar-refractivity contribution in [2.45, 2.75) is 12.5 Å². The molecule has 6 nitrogen and oxygen atoms in total. The lowest BCUT2D eigenvalue weighted by Crippen LogP contribution is -2.42. The summed E-state index contributed by atoms with van der Waals surface area (Å²) in [6, 6.07) is 17.3. The Balaban J connectivity index is 1.74. The second-order valence-corrected chi connectivity index (χ2v) is 5.73. The number of nitrogens with one attached hydrogen (secondary N) is 2. The lowest BCUT2D eigenvalue weighted by molar-refractivity contribution is -0.133. The molecule has 1 aliphatic heterocycles. The van der Waals surface area contributed by atoms with Crippen molar-refractivity contribution in [3.8, 4) is 0 Å². The van der Waals surface area contributed by atoms with Gasteiger partial charge in [0.15, 0.2) is 0 Å². The Morgan fingerprint density at radius 3 is 2.25 bits per heavy atom. The van der Waals surface area contributed by atoms with Gasteiger partial charge in [-0.05, 0) is 24.6 Å². The fraction of sp³-hybridized carbons (Fsp3) is 0.167. The quantitative estimate of drug-likeness (QED) is 0.846. The van der Waals surface area contributed by atoms with E-state index in [1.807, 2.05) is 12.1 Å². The van der Waals surface area contributed by atoms with Crippen LogP contribution >= 0.6 is 0 Å². The molecule has 1 atom stereocenters. The first-order valence-electron chi connectivity index (χ1n) is 7.55. The predicted molar refractivity (Wildman–Crippen MR) is 89.1 cm³/mol. The number of hydrogen-bond donors (Lipinski definition) is 2. The number of urea groups is 1. The third-order valence-corrected chi connectivity index (χ3v) is 3.99. The number of carbonyl (C=O) groups is 3. The molecule has 1 heterocycles. The molecule has 0 aromatic heterocycles. The normalized spacial score (nSPS) is 20.0. The fourth-order valence-electron chi connectivity index (χ4n) is 2.67. The van der Waals surface area contributed by atoms with Crippen molar-refractivity contribution in [3.05, 3.63) is 66.2 Å². The molecule has 1 saturated heterocycles. The lowest BCUT2D eigenvalue weighted by Gasteiger charge is -2.22. The minimum atomic E-state index is -1.16. The molecule has 6 heteroatoms. The van der Waals surface area contributed by atoms with Gasteiger partial charge in [0, 0.05) is 5.69 Å². The van der Waals surface area contributed by atoms with E-state index < -0.39 is 23.4 Å². The first-order valence-corrected chi connectivity index (χ1v) is 7.55. The highest BCUT2D eigenvalue weighted by atomic mass is 16.2. The zero-order chi connectivity index (χ0) is 17.2. The molecule has 1 aliphatic rings. The number of hydrogen-bond acceptors (Lipinski definition) is 3. The van der Waals surface area contributed by atoms with Gasteiger partial charge in [0.1, 0.15) is 12.1 Å². The van der Waals surface area contributed by atoms with Gasteiger partial charge in [0.25, 0.3) is 5.91 Å². The van der Waals surface area contributed by atoms with Crippen molar-refractivity contribution in [1.29, 1.82) is 0 Å². The SMILES string of the molecule is C[C@@]1(c2ccccc2)NC(=O)N(CC(=O)Nc2ccccc2)C1=O. The van der Waals surface area contributed by atoms with Gasteiger partial charge in [0.2, 0.25) is 5.91 Å². The van der Waals surface area contributed by atoms with Gasteiger partial charge < -0.3 is 10.6 Å². The summed E-state index contributed by atoms with van der Waals surface area (Å²) in [5, 5.41) is 5.34. The van der Waals surface area contributed by atoms with E-state index in [1.165, 1.54) is 0 Å². The number of anilines is 1. The van der Waals surface area contributed by atoms with Gasteiger partial charge in [-0.2, -0.15) is 0 Å². The summed E-state index contributed by atoms with van der Waals surface area (Å²) >= 11 is 0. The maximum atomic E-state index is 12.7. The van der Waals surface area contributed by atoms with Crippen LogP contribution in [-0.4, -0.2) is 29.3 Å². The van der Waals surface area contributed by atoms with Gasteiger partial charge in [0.05, 0.1) is 0 Å². The topological polar surface area (TPSA) is 78.5 Å². The first-order chi connectivity index (χ1) is 11.5. The van der Waals surface area contributed by atoms with Crippen molar-refractivity contribution in [2.24, 2.45) is 0 Å². The molecule has 0 bridgehead atoms. The van der Waals surface area contributed by atoms with Crippen LogP contribution in [0.4, 0.5) is 10.5 Å². The van der Waals surface area contributed by atoms with E-state index >= 15 is 0 Å². The molecule has 0 unspecified atom stereocenters. The number of amides is 4. The molecule has 0 saturated carbocycles. The molecular weight excluding hydrogens is 306 g/mol. The summed E-state index contributed by atoms with van der Waals surface area (Å²) in [4.78, 5) is 37.9. The zero-order valence-corrected chi connectivity index (χ0v) is 13.2. The Morgan fingerprint density at radius 1 is 1.04 bits per heavy atom. The van der Waals surface area contributed by atoms with E-state index in [4.69, 9.17) is 0 Å². The standard InChI is InChI=1S/C18H17N3O3/c1-18(13-8-4-2-5-9-13)16(23)21(17(24)20-18)12-15(22)19-14-10-6-3-7-11-14/h2-11H,12H2,1H3,(H,19,22)(H,20,24)/t18-/m0/s1. The van der Waals surface area contributed by atoms with Crippen LogP contribution in [0.25, 0.3) is 0 Å². The molecule has 122 valence electrons. The van der Waals surface area contributed by atoms with Crippen LogP contribution < -0.4 is 10.6 Å². The van der Waals surface area contributed by atoms with Crippen LogP contribution in [0, 0.1) is 0 Å². The minimum Gasteiger partial charge on any atom is -0.325 e. The van der Waals surface area contributed by atoms with Gasteiger partial charge >= 0.3 is 6.03 Å². The van der Waals surface area contributed by atoms with Crippen molar-refractivity contribution in [3.63, 3.8) is 0 Å². The Kier molecular flexibility index (Phi) is 4.04. The van der Waals surface area contributed by atoms with E-state index in [2.05, 4.69) is 10.6 Å². The van der Waals surface area contributed by atoms with E-state index in [-0.39, 0.29) is 6.54 Å². The molecule has 1 fully saturated rings. The second kappa shape index (κ2) is 6.16. The maximum absolute atomic E-state index is 12.7. The zero-order valence-electron chi connectivity index (χ0n) is 13.2. The van der Waals surface area contributed by atoms with Crippen LogP contribution in [0.2, 0.25) is 0 Å². The maximum Gasteiger partial charge on any atom is 0.325 e. The summed E-state index contributed by atoms with van der Waals surface area (Å²) in [5.74, 6) is -0.871. The van der Waals surface area contributed by atoms with E-state index in [9.17, 15) is 14.4 Å². The molecule has 2 aromatic carbocycles. The number of imide groups is 1. The Hall–Kier alpha value is -3.15. The third kappa shape index (κ3) is 2.86. The summed E-state index contributed by atoms with van der Waals surface area (Å²) < 4.78 is 0. The van der Waals surface area contributed by atoms with Crippen LogP contribution in [0.3, 0.4) is 0 Å². The minimum absolute atomic E-state index is 0.331. The summed E-state index contributed by atoms with van der Waals surface area (Å²) in [7, 11) is 0. The van der Waals surface area contributed by atoms with Crippen molar-refractivity contribution >= 4 is 23.5 Å². The molecule has 0 aliphatic carbocycles. The molecule has 2 N–H and O–H groups in total. The van der Waals surface area contributed by atoms with Gasteiger partial charge in [-0.15, -0.1) is 0 Å². The number of benzene rings is 2. The van der Waals surface area contributed by atoms with E-state index in [0.29, 0.717) is 11.3 Å².